The topological polar surface area (TPSA) is 70.2 Å². The summed E-state index contributed by atoms with van der Waals surface area (Å²) >= 11 is 0. The highest BCUT2D eigenvalue weighted by molar-refractivity contribution is 5.84. The number of hydrogen-bond acceptors (Lipinski definition) is 3. The predicted octanol–water partition coefficient (Wildman–Crippen LogP) is 2.60. The van der Waals surface area contributed by atoms with Gasteiger partial charge in [0.1, 0.15) is 12.2 Å². The highest BCUT2D eigenvalue weighted by Gasteiger charge is 2.09. The van der Waals surface area contributed by atoms with Gasteiger partial charge in [-0.1, -0.05) is 0 Å². The molecule has 0 aliphatic heterocycles. The van der Waals surface area contributed by atoms with Crippen LogP contribution < -0.4 is 5.43 Å². The van der Waals surface area contributed by atoms with E-state index < -0.39 is 5.91 Å². The molecule has 0 spiro atoms. The van der Waals surface area contributed by atoms with Crippen LogP contribution in [0.2, 0.25) is 0 Å². The number of amides is 1. The molecular weight excluding hydrogens is 283 g/mol. The average Bonchev–Trinajstić information content (AvgIpc) is 2.75. The largest absolute Gasteiger partial charge is 0.318 e. The lowest BCUT2D eigenvalue weighted by molar-refractivity contribution is -0.120. The van der Waals surface area contributed by atoms with E-state index in [4.69, 9.17) is 5.26 Å². The Bertz CT molecular complexity index is 754. The number of hydrazone groups is 1. The van der Waals surface area contributed by atoms with Crippen molar-refractivity contribution in [3.05, 3.63) is 53.1 Å². The van der Waals surface area contributed by atoms with Gasteiger partial charge in [0.15, 0.2) is 0 Å². The molecule has 0 saturated heterocycles. The minimum Gasteiger partial charge on any atom is -0.318 e. The Kier molecular flexibility index (Phi) is 4.69. The van der Waals surface area contributed by atoms with Gasteiger partial charge in [0.25, 0.3) is 5.91 Å². The normalized spacial score (nSPS) is 10.6. The summed E-state index contributed by atoms with van der Waals surface area (Å²) in [6.07, 6.45) is 1.30. The van der Waals surface area contributed by atoms with Crippen LogP contribution in [0.25, 0.3) is 5.69 Å². The Morgan fingerprint density at radius 3 is 2.73 bits per heavy atom. The van der Waals surface area contributed by atoms with Crippen LogP contribution in [-0.4, -0.2) is 16.7 Å². The number of carbonyl (C=O) groups excluding carboxylic acids is 1. The number of halogens is 1. The molecule has 0 unspecified atom stereocenters. The summed E-state index contributed by atoms with van der Waals surface area (Å²) < 4.78 is 15.0. The van der Waals surface area contributed by atoms with E-state index in [9.17, 15) is 9.18 Å². The molecule has 1 aromatic carbocycles. The maximum atomic E-state index is 13.0. The third-order valence-corrected chi connectivity index (χ3v) is 3.19. The Hall–Kier alpha value is -2.94. The first-order valence-corrected chi connectivity index (χ1v) is 6.66. The van der Waals surface area contributed by atoms with Gasteiger partial charge in [0, 0.05) is 22.6 Å². The lowest BCUT2D eigenvalue weighted by Gasteiger charge is -2.09. The second kappa shape index (κ2) is 6.68. The highest BCUT2D eigenvalue weighted by atomic mass is 19.1. The Balaban J connectivity index is 2.24. The monoisotopic (exact) mass is 298 g/mol. The third-order valence-electron chi connectivity index (χ3n) is 3.19. The zero-order valence-electron chi connectivity index (χ0n) is 12.3. The fraction of sp³-hybridized carbons (Fsp3) is 0.188. The first-order chi connectivity index (χ1) is 10.5. The lowest BCUT2D eigenvalue weighted by atomic mass is 10.2. The van der Waals surface area contributed by atoms with Crippen LogP contribution in [0.4, 0.5) is 4.39 Å². The van der Waals surface area contributed by atoms with E-state index in [1.54, 1.807) is 18.2 Å². The number of nitriles is 1. The molecule has 0 aliphatic carbocycles. The molecule has 0 saturated carbocycles. The number of hydrogen-bond donors (Lipinski definition) is 1. The molecule has 2 rings (SSSR count). The van der Waals surface area contributed by atoms with Crippen molar-refractivity contribution in [2.24, 2.45) is 5.10 Å². The van der Waals surface area contributed by atoms with Gasteiger partial charge in [-0.3, -0.25) is 4.79 Å². The zero-order valence-corrected chi connectivity index (χ0v) is 12.3. The van der Waals surface area contributed by atoms with Gasteiger partial charge in [-0.05, 0) is 44.2 Å². The van der Waals surface area contributed by atoms with Crippen molar-refractivity contribution < 1.29 is 9.18 Å². The van der Waals surface area contributed by atoms with E-state index in [0.717, 1.165) is 22.6 Å². The molecular formula is C16H15FN4O. The van der Waals surface area contributed by atoms with Crippen LogP contribution in [-0.2, 0) is 4.79 Å². The van der Waals surface area contributed by atoms with Crippen molar-refractivity contribution in [2.75, 3.05) is 0 Å². The van der Waals surface area contributed by atoms with Crippen molar-refractivity contribution in [1.29, 1.82) is 5.26 Å². The quantitative estimate of drug-likeness (QED) is 0.696. The predicted molar refractivity (Wildman–Crippen MR) is 81.2 cm³/mol. The van der Waals surface area contributed by atoms with Crippen molar-refractivity contribution >= 4 is 12.1 Å². The van der Waals surface area contributed by atoms with Crippen molar-refractivity contribution in [2.45, 2.75) is 20.3 Å². The molecule has 2 aromatic rings. The summed E-state index contributed by atoms with van der Waals surface area (Å²) in [6, 6.07) is 9.87. The summed E-state index contributed by atoms with van der Waals surface area (Å²) in [4.78, 5) is 11.2. The van der Waals surface area contributed by atoms with Gasteiger partial charge in [-0.15, -0.1) is 0 Å². The molecule has 0 aliphatic rings. The van der Waals surface area contributed by atoms with Crippen LogP contribution in [0.1, 0.15) is 23.4 Å². The van der Waals surface area contributed by atoms with Crippen molar-refractivity contribution in [3.63, 3.8) is 0 Å². The first kappa shape index (κ1) is 15.4. The summed E-state index contributed by atoms with van der Waals surface area (Å²) in [5, 5.41) is 12.2. The Morgan fingerprint density at radius 2 is 2.09 bits per heavy atom. The number of rotatable bonds is 4. The van der Waals surface area contributed by atoms with Gasteiger partial charge >= 0.3 is 0 Å². The number of aromatic nitrogens is 1. The molecule has 6 heteroatoms. The minimum atomic E-state index is -0.453. The van der Waals surface area contributed by atoms with Gasteiger partial charge in [-0.2, -0.15) is 10.4 Å². The molecule has 0 bridgehead atoms. The fourth-order valence-corrected chi connectivity index (χ4v) is 2.19. The number of nitrogens with zero attached hydrogens (tertiary/aromatic N) is 3. The van der Waals surface area contributed by atoms with Crippen molar-refractivity contribution in [3.8, 4) is 11.8 Å². The molecule has 0 atom stereocenters. The maximum absolute atomic E-state index is 13.0. The lowest BCUT2D eigenvalue weighted by Crippen LogP contribution is -2.16. The fourth-order valence-electron chi connectivity index (χ4n) is 2.19. The molecule has 1 aromatic heterocycles. The molecule has 22 heavy (non-hydrogen) atoms. The van der Waals surface area contributed by atoms with Crippen LogP contribution in [0, 0.1) is 31.0 Å². The maximum Gasteiger partial charge on any atom is 0.254 e. The van der Waals surface area contributed by atoms with Gasteiger partial charge in [0.05, 0.1) is 12.3 Å². The summed E-state index contributed by atoms with van der Waals surface area (Å²) in [5.41, 5.74) is 5.85. The summed E-state index contributed by atoms with van der Waals surface area (Å²) in [7, 11) is 0. The van der Waals surface area contributed by atoms with Gasteiger partial charge in [0.2, 0.25) is 0 Å². The van der Waals surface area contributed by atoms with Crippen LogP contribution >= 0.6 is 0 Å². The number of nitrogens with one attached hydrogen (secondary N) is 1. The summed E-state index contributed by atoms with van der Waals surface area (Å²) in [5.74, 6) is -0.737. The van der Waals surface area contributed by atoms with E-state index in [1.807, 2.05) is 24.5 Å². The van der Waals surface area contributed by atoms with Gasteiger partial charge < -0.3 is 4.57 Å². The number of aryl methyl sites for hydroxylation is 1. The molecule has 1 heterocycles. The molecule has 1 N–H and O–H groups in total. The first-order valence-electron chi connectivity index (χ1n) is 6.66. The van der Waals surface area contributed by atoms with Crippen LogP contribution in [0.15, 0.2) is 35.4 Å². The second-order valence-corrected chi connectivity index (χ2v) is 4.77. The SMILES string of the molecule is Cc1cc(C=NNC(=O)CC#N)c(C)n1-c1ccc(F)cc1. The van der Waals surface area contributed by atoms with Crippen molar-refractivity contribution in [1.82, 2.24) is 9.99 Å². The van der Waals surface area contributed by atoms with E-state index >= 15 is 0 Å². The van der Waals surface area contributed by atoms with Crippen LogP contribution in [0.5, 0.6) is 0 Å². The summed E-state index contributed by atoms with van der Waals surface area (Å²) in [6.45, 7) is 3.84. The highest BCUT2D eigenvalue weighted by Crippen LogP contribution is 2.19. The molecule has 0 fully saturated rings. The minimum absolute atomic E-state index is 0.230. The van der Waals surface area contributed by atoms with E-state index in [1.165, 1.54) is 18.3 Å². The molecule has 1 amide bonds. The van der Waals surface area contributed by atoms with Gasteiger partial charge in [-0.25, -0.2) is 9.82 Å². The molecule has 5 nitrogen and oxygen atoms in total. The average molecular weight is 298 g/mol. The zero-order chi connectivity index (χ0) is 16.1. The smallest absolute Gasteiger partial charge is 0.254 e. The van der Waals surface area contributed by atoms with E-state index in [2.05, 4.69) is 10.5 Å². The number of benzene rings is 1. The number of carbonyl (C=O) groups is 1. The molecule has 112 valence electrons. The Morgan fingerprint density at radius 1 is 1.41 bits per heavy atom. The van der Waals surface area contributed by atoms with E-state index in [-0.39, 0.29) is 12.2 Å². The van der Waals surface area contributed by atoms with Crippen LogP contribution in [0.3, 0.4) is 0 Å². The standard InChI is InChI=1S/C16H15FN4O/c1-11-9-13(10-19-20-16(22)7-8-18)12(2)21(11)15-5-3-14(17)4-6-15/h3-6,9-10H,7H2,1-2H3,(H,20,22). The van der Waals surface area contributed by atoms with E-state index in [0.29, 0.717) is 0 Å². The Labute approximate surface area is 127 Å². The third kappa shape index (κ3) is 3.38. The second-order valence-electron chi connectivity index (χ2n) is 4.77. The molecule has 0 radical (unpaired) electrons.